The van der Waals surface area contributed by atoms with E-state index in [2.05, 4.69) is 24.8 Å². The van der Waals surface area contributed by atoms with Crippen molar-refractivity contribution in [3.63, 3.8) is 0 Å². The Morgan fingerprint density at radius 2 is 2.29 bits per heavy atom. The molecule has 0 aliphatic heterocycles. The predicted molar refractivity (Wildman–Crippen MR) is 72.2 cm³/mol. The predicted octanol–water partition coefficient (Wildman–Crippen LogP) is 3.08. The van der Waals surface area contributed by atoms with Gasteiger partial charge in [0.15, 0.2) is 0 Å². The van der Waals surface area contributed by atoms with Gasteiger partial charge in [-0.25, -0.2) is 4.79 Å². The van der Waals surface area contributed by atoms with Crippen molar-refractivity contribution in [1.82, 2.24) is 4.90 Å². The number of aliphatic carboxylic acids is 1. The van der Waals surface area contributed by atoms with Crippen molar-refractivity contribution in [1.29, 1.82) is 0 Å². The third kappa shape index (κ3) is 5.15. The van der Waals surface area contributed by atoms with Gasteiger partial charge in [-0.3, -0.25) is 4.90 Å². The largest absolute Gasteiger partial charge is 0.478 e. The molecule has 0 saturated heterocycles. The summed E-state index contributed by atoms with van der Waals surface area (Å²) in [5.74, 6) is -0.904. The molecule has 0 atom stereocenters. The summed E-state index contributed by atoms with van der Waals surface area (Å²) in [7, 11) is 0. The Kier molecular flexibility index (Phi) is 5.94. The van der Waals surface area contributed by atoms with Crippen LogP contribution in [0.5, 0.6) is 0 Å². The van der Waals surface area contributed by atoms with Crippen molar-refractivity contribution in [2.24, 2.45) is 0 Å². The van der Waals surface area contributed by atoms with Crippen LogP contribution in [0.1, 0.15) is 30.7 Å². The van der Waals surface area contributed by atoms with Gasteiger partial charge in [0.1, 0.15) is 0 Å². The fourth-order valence-corrected chi connectivity index (χ4v) is 2.52. The van der Waals surface area contributed by atoms with Crippen LogP contribution in [0.2, 0.25) is 0 Å². The zero-order valence-electron chi connectivity index (χ0n) is 10.3. The molecule has 1 aromatic heterocycles. The SMILES string of the molecule is CCCN(CC)Cc1cc(C=CC(=O)O)cs1. The molecule has 1 aromatic rings. The van der Waals surface area contributed by atoms with Gasteiger partial charge in [-0.15, -0.1) is 11.3 Å². The Bertz CT molecular complexity index is 385. The van der Waals surface area contributed by atoms with Crippen LogP contribution in [0.3, 0.4) is 0 Å². The number of carbonyl (C=O) groups is 1. The van der Waals surface area contributed by atoms with E-state index in [-0.39, 0.29) is 0 Å². The zero-order chi connectivity index (χ0) is 12.7. The van der Waals surface area contributed by atoms with Gasteiger partial charge >= 0.3 is 5.97 Å². The van der Waals surface area contributed by atoms with E-state index < -0.39 is 5.97 Å². The van der Waals surface area contributed by atoms with E-state index in [1.807, 2.05) is 5.38 Å². The third-order valence-electron chi connectivity index (χ3n) is 2.46. The maximum Gasteiger partial charge on any atom is 0.328 e. The lowest BCUT2D eigenvalue weighted by Crippen LogP contribution is -2.22. The number of carboxylic acid groups (broad SMARTS) is 1. The lowest BCUT2D eigenvalue weighted by molar-refractivity contribution is -0.131. The van der Waals surface area contributed by atoms with Crippen molar-refractivity contribution >= 4 is 23.4 Å². The van der Waals surface area contributed by atoms with Crippen molar-refractivity contribution in [3.8, 4) is 0 Å². The van der Waals surface area contributed by atoms with Crippen LogP contribution in [0, 0.1) is 0 Å². The molecule has 0 aliphatic rings. The summed E-state index contributed by atoms with van der Waals surface area (Å²) in [4.78, 5) is 14.1. The molecule has 17 heavy (non-hydrogen) atoms. The highest BCUT2D eigenvalue weighted by atomic mass is 32.1. The minimum Gasteiger partial charge on any atom is -0.478 e. The van der Waals surface area contributed by atoms with Gasteiger partial charge in [0, 0.05) is 17.5 Å². The first-order chi connectivity index (χ1) is 8.15. The van der Waals surface area contributed by atoms with Gasteiger partial charge in [0.2, 0.25) is 0 Å². The van der Waals surface area contributed by atoms with E-state index in [4.69, 9.17) is 5.11 Å². The highest BCUT2D eigenvalue weighted by Gasteiger charge is 2.04. The molecule has 94 valence electrons. The third-order valence-corrected chi connectivity index (χ3v) is 3.40. The van der Waals surface area contributed by atoms with Crippen LogP contribution in [-0.2, 0) is 11.3 Å². The number of carboxylic acids is 1. The number of hydrogen-bond donors (Lipinski definition) is 1. The maximum absolute atomic E-state index is 10.4. The summed E-state index contributed by atoms with van der Waals surface area (Å²) in [6.07, 6.45) is 3.97. The molecule has 0 bridgehead atoms. The minimum absolute atomic E-state index is 0.904. The van der Waals surface area contributed by atoms with E-state index in [0.29, 0.717) is 0 Å². The first-order valence-electron chi connectivity index (χ1n) is 5.86. The fraction of sp³-hybridized carbons (Fsp3) is 0.462. The topological polar surface area (TPSA) is 40.5 Å². The molecular formula is C13H19NO2S. The summed E-state index contributed by atoms with van der Waals surface area (Å²) < 4.78 is 0. The smallest absolute Gasteiger partial charge is 0.328 e. The maximum atomic E-state index is 10.4. The highest BCUT2D eigenvalue weighted by molar-refractivity contribution is 7.10. The van der Waals surface area contributed by atoms with Gasteiger partial charge in [0.25, 0.3) is 0 Å². The molecule has 0 radical (unpaired) electrons. The quantitative estimate of drug-likeness (QED) is 0.759. The molecule has 0 amide bonds. The Morgan fingerprint density at radius 3 is 2.88 bits per heavy atom. The molecule has 1 rings (SSSR count). The summed E-state index contributed by atoms with van der Waals surface area (Å²) in [6, 6.07) is 2.06. The fourth-order valence-electron chi connectivity index (χ4n) is 1.62. The molecule has 0 unspecified atom stereocenters. The van der Waals surface area contributed by atoms with E-state index >= 15 is 0 Å². The molecule has 0 spiro atoms. The van der Waals surface area contributed by atoms with Crippen molar-refractivity contribution < 1.29 is 9.90 Å². The van der Waals surface area contributed by atoms with Crippen LogP contribution in [0.15, 0.2) is 17.5 Å². The molecular weight excluding hydrogens is 234 g/mol. The van der Waals surface area contributed by atoms with Crippen LogP contribution in [0.4, 0.5) is 0 Å². The first kappa shape index (κ1) is 13.9. The number of rotatable bonds is 7. The molecule has 0 aromatic carbocycles. The first-order valence-corrected chi connectivity index (χ1v) is 6.74. The van der Waals surface area contributed by atoms with Crippen molar-refractivity contribution in [2.45, 2.75) is 26.8 Å². The lowest BCUT2D eigenvalue weighted by atomic mass is 10.2. The van der Waals surface area contributed by atoms with Gasteiger partial charge in [-0.2, -0.15) is 0 Å². The summed E-state index contributed by atoms with van der Waals surface area (Å²) in [6.45, 7) is 7.45. The lowest BCUT2D eigenvalue weighted by Gasteiger charge is -2.18. The molecule has 0 saturated carbocycles. The Hall–Kier alpha value is -1.13. The van der Waals surface area contributed by atoms with Gasteiger partial charge < -0.3 is 5.11 Å². The van der Waals surface area contributed by atoms with Gasteiger partial charge in [-0.1, -0.05) is 13.8 Å². The van der Waals surface area contributed by atoms with E-state index in [9.17, 15) is 4.79 Å². The summed E-state index contributed by atoms with van der Waals surface area (Å²) in [5.41, 5.74) is 0.972. The van der Waals surface area contributed by atoms with Crippen LogP contribution in [-0.4, -0.2) is 29.1 Å². The van der Waals surface area contributed by atoms with Crippen LogP contribution < -0.4 is 0 Å². The Balaban J connectivity index is 2.58. The van der Waals surface area contributed by atoms with Gasteiger partial charge in [-0.05, 0) is 42.6 Å². The molecule has 4 heteroatoms. The van der Waals surface area contributed by atoms with E-state index in [0.717, 1.165) is 31.6 Å². The average Bonchev–Trinajstić information content (AvgIpc) is 2.73. The average molecular weight is 253 g/mol. The zero-order valence-corrected chi connectivity index (χ0v) is 11.2. The second-order valence-corrected chi connectivity index (χ2v) is 4.88. The van der Waals surface area contributed by atoms with Crippen LogP contribution in [0.25, 0.3) is 6.08 Å². The number of thiophene rings is 1. The molecule has 0 fully saturated rings. The van der Waals surface area contributed by atoms with Crippen LogP contribution >= 0.6 is 11.3 Å². The van der Waals surface area contributed by atoms with E-state index in [1.165, 1.54) is 11.0 Å². The molecule has 3 nitrogen and oxygen atoms in total. The second-order valence-electron chi connectivity index (χ2n) is 3.89. The molecule has 0 aliphatic carbocycles. The molecule has 1 N–H and O–H groups in total. The highest BCUT2D eigenvalue weighted by Crippen LogP contribution is 2.18. The summed E-state index contributed by atoms with van der Waals surface area (Å²) in [5, 5.41) is 10.5. The monoisotopic (exact) mass is 253 g/mol. The molecule has 1 heterocycles. The van der Waals surface area contributed by atoms with Gasteiger partial charge in [0.05, 0.1) is 0 Å². The van der Waals surface area contributed by atoms with Crippen molar-refractivity contribution in [3.05, 3.63) is 28.0 Å². The minimum atomic E-state index is -0.904. The normalized spacial score (nSPS) is 11.5. The van der Waals surface area contributed by atoms with Crippen molar-refractivity contribution in [2.75, 3.05) is 13.1 Å². The standard InChI is InChI=1S/C13H19NO2S/c1-3-7-14(4-2)9-12-8-11(10-17-12)5-6-13(15)16/h5-6,8,10H,3-4,7,9H2,1-2H3,(H,15,16). The van der Waals surface area contributed by atoms with E-state index in [1.54, 1.807) is 17.4 Å². The summed E-state index contributed by atoms with van der Waals surface area (Å²) >= 11 is 1.68. The second kappa shape index (κ2) is 7.25. The number of hydrogen-bond acceptors (Lipinski definition) is 3. The Labute approximate surface area is 106 Å². The Morgan fingerprint density at radius 1 is 1.53 bits per heavy atom. The number of nitrogens with zero attached hydrogens (tertiary/aromatic N) is 1.